The van der Waals surface area contributed by atoms with Crippen molar-refractivity contribution in [3.63, 3.8) is 0 Å². The molecule has 3 rings (SSSR count). The number of halogens is 2. The predicted molar refractivity (Wildman–Crippen MR) is 97.0 cm³/mol. The quantitative estimate of drug-likeness (QED) is 0.818. The van der Waals surface area contributed by atoms with Gasteiger partial charge in [0.1, 0.15) is 6.61 Å². The van der Waals surface area contributed by atoms with Crippen LogP contribution in [0.25, 0.3) is 0 Å². The number of ether oxygens (including phenoxy) is 2. The van der Waals surface area contributed by atoms with Crippen LogP contribution in [0.4, 0.5) is 8.78 Å². The monoisotopic (exact) mass is 362 g/mol. The third-order valence-corrected chi connectivity index (χ3v) is 4.55. The molecule has 0 bridgehead atoms. The molecule has 0 aliphatic carbocycles. The first kappa shape index (κ1) is 18.6. The predicted octanol–water partition coefficient (Wildman–Crippen LogP) is 3.49. The zero-order chi connectivity index (χ0) is 18.4. The van der Waals surface area contributed by atoms with Crippen molar-refractivity contribution in [3.8, 4) is 11.5 Å². The van der Waals surface area contributed by atoms with Gasteiger partial charge in [0.05, 0.1) is 13.2 Å². The molecule has 1 saturated heterocycles. The van der Waals surface area contributed by atoms with Gasteiger partial charge in [-0.15, -0.1) is 0 Å². The first-order valence-electron chi connectivity index (χ1n) is 8.76. The lowest BCUT2D eigenvalue weighted by Gasteiger charge is -2.34. The van der Waals surface area contributed by atoms with Crippen LogP contribution in [-0.4, -0.2) is 44.6 Å². The van der Waals surface area contributed by atoms with Crippen molar-refractivity contribution in [1.82, 2.24) is 10.2 Å². The van der Waals surface area contributed by atoms with Gasteiger partial charge in [0.2, 0.25) is 0 Å². The fourth-order valence-electron chi connectivity index (χ4n) is 3.20. The van der Waals surface area contributed by atoms with E-state index in [9.17, 15) is 8.78 Å². The smallest absolute Gasteiger partial charge is 0.258 e. The van der Waals surface area contributed by atoms with Crippen LogP contribution in [0.2, 0.25) is 0 Å². The van der Waals surface area contributed by atoms with Gasteiger partial charge in [0, 0.05) is 26.2 Å². The molecule has 1 aliphatic heterocycles. The van der Waals surface area contributed by atoms with Crippen molar-refractivity contribution < 1.29 is 18.3 Å². The first-order valence-corrected chi connectivity index (χ1v) is 8.76. The van der Waals surface area contributed by atoms with Crippen molar-refractivity contribution in [3.05, 3.63) is 59.7 Å². The van der Waals surface area contributed by atoms with Crippen molar-refractivity contribution in [1.29, 1.82) is 0 Å². The summed E-state index contributed by atoms with van der Waals surface area (Å²) in [6, 6.07) is 13.9. The van der Waals surface area contributed by atoms with E-state index in [4.69, 9.17) is 9.47 Å². The second-order valence-electron chi connectivity index (χ2n) is 6.25. The fraction of sp³-hybridized carbons (Fsp3) is 0.400. The van der Waals surface area contributed by atoms with Crippen LogP contribution < -0.4 is 14.8 Å². The van der Waals surface area contributed by atoms with Crippen molar-refractivity contribution >= 4 is 0 Å². The zero-order valence-electron chi connectivity index (χ0n) is 14.8. The first-order chi connectivity index (χ1) is 12.7. The molecule has 26 heavy (non-hydrogen) atoms. The summed E-state index contributed by atoms with van der Waals surface area (Å²) in [6.07, 6.45) is -2.46. The van der Waals surface area contributed by atoms with Gasteiger partial charge in [-0.25, -0.2) is 8.78 Å². The highest BCUT2D eigenvalue weighted by Crippen LogP contribution is 2.35. The Labute approximate surface area is 152 Å². The second kappa shape index (κ2) is 8.96. The lowest BCUT2D eigenvalue weighted by molar-refractivity contribution is 0.0180. The van der Waals surface area contributed by atoms with E-state index >= 15 is 0 Å². The number of piperazine rings is 1. The number of benzene rings is 2. The van der Waals surface area contributed by atoms with Gasteiger partial charge < -0.3 is 14.8 Å². The van der Waals surface area contributed by atoms with Crippen LogP contribution in [0.15, 0.2) is 48.5 Å². The standard InChI is InChI=1S/C20H24F2N2O2/c1-25-18-13-16(19(20(21)22)24-11-9-23-10-12-24)7-8-17(18)26-14-15-5-3-2-4-6-15/h2-8,13,19-20,23H,9-12,14H2,1H3/t19-/m0/s1. The number of nitrogens with one attached hydrogen (secondary N) is 1. The van der Waals surface area contributed by atoms with Crippen molar-refractivity contribution in [2.24, 2.45) is 0 Å². The molecule has 6 heteroatoms. The molecule has 1 heterocycles. The number of methoxy groups -OCH3 is 1. The highest BCUT2D eigenvalue weighted by molar-refractivity contribution is 5.44. The summed E-state index contributed by atoms with van der Waals surface area (Å²) in [7, 11) is 1.52. The lowest BCUT2D eigenvalue weighted by atomic mass is 10.0. The normalized spacial score (nSPS) is 16.5. The SMILES string of the molecule is COc1cc([C@@H](C(F)F)N2CCNCC2)ccc1OCc1ccccc1. The molecule has 4 nitrogen and oxygen atoms in total. The van der Waals surface area contributed by atoms with Gasteiger partial charge in [-0.3, -0.25) is 4.90 Å². The van der Waals surface area contributed by atoms with Crippen LogP contribution in [0.1, 0.15) is 17.2 Å². The Hall–Kier alpha value is -2.18. The number of alkyl halides is 2. The minimum atomic E-state index is -2.46. The van der Waals surface area contributed by atoms with E-state index in [1.54, 1.807) is 18.2 Å². The minimum absolute atomic E-state index is 0.395. The summed E-state index contributed by atoms with van der Waals surface area (Å²) in [5.41, 5.74) is 1.58. The maximum absolute atomic E-state index is 13.7. The Kier molecular flexibility index (Phi) is 6.41. The molecule has 1 N–H and O–H groups in total. The Morgan fingerprint density at radius 1 is 1.04 bits per heavy atom. The van der Waals surface area contributed by atoms with Crippen molar-refractivity contribution in [2.45, 2.75) is 19.1 Å². The molecule has 1 aliphatic rings. The number of rotatable bonds is 7. The third-order valence-electron chi connectivity index (χ3n) is 4.55. The van der Waals surface area contributed by atoms with Crippen LogP contribution in [0.3, 0.4) is 0 Å². The fourth-order valence-corrected chi connectivity index (χ4v) is 3.20. The van der Waals surface area contributed by atoms with E-state index < -0.39 is 12.5 Å². The molecule has 0 amide bonds. The second-order valence-corrected chi connectivity index (χ2v) is 6.25. The summed E-state index contributed by atoms with van der Waals surface area (Å²) in [5.74, 6) is 1.02. The molecular formula is C20H24F2N2O2. The van der Waals surface area contributed by atoms with Gasteiger partial charge in [-0.1, -0.05) is 36.4 Å². The molecule has 140 valence electrons. The number of hydrogen-bond donors (Lipinski definition) is 1. The number of nitrogens with zero attached hydrogens (tertiary/aromatic N) is 1. The van der Waals surface area contributed by atoms with Crippen LogP contribution in [-0.2, 0) is 6.61 Å². The van der Waals surface area contributed by atoms with E-state index in [0.29, 0.717) is 36.8 Å². The molecule has 2 aromatic carbocycles. The van der Waals surface area contributed by atoms with Gasteiger partial charge in [-0.2, -0.15) is 0 Å². The molecule has 2 aromatic rings. The zero-order valence-corrected chi connectivity index (χ0v) is 14.8. The average molecular weight is 362 g/mol. The van der Waals surface area contributed by atoms with E-state index in [2.05, 4.69) is 5.32 Å². The van der Waals surface area contributed by atoms with Crippen LogP contribution >= 0.6 is 0 Å². The molecule has 0 spiro atoms. The van der Waals surface area contributed by atoms with Gasteiger partial charge >= 0.3 is 0 Å². The highest BCUT2D eigenvalue weighted by Gasteiger charge is 2.30. The molecule has 1 fully saturated rings. The minimum Gasteiger partial charge on any atom is -0.493 e. The van der Waals surface area contributed by atoms with E-state index in [0.717, 1.165) is 18.7 Å². The average Bonchev–Trinajstić information content (AvgIpc) is 2.68. The van der Waals surface area contributed by atoms with Gasteiger partial charge in [0.25, 0.3) is 6.43 Å². The highest BCUT2D eigenvalue weighted by atomic mass is 19.3. The van der Waals surface area contributed by atoms with E-state index in [1.165, 1.54) is 7.11 Å². The Balaban J connectivity index is 1.77. The Bertz CT molecular complexity index is 691. The summed E-state index contributed by atoms with van der Waals surface area (Å²) in [6.45, 7) is 3.04. The largest absolute Gasteiger partial charge is 0.493 e. The molecular weight excluding hydrogens is 338 g/mol. The summed E-state index contributed by atoms with van der Waals surface area (Å²) in [5, 5.41) is 3.19. The molecule has 1 atom stereocenters. The molecule has 0 unspecified atom stereocenters. The Morgan fingerprint density at radius 2 is 1.77 bits per heavy atom. The molecule has 0 aromatic heterocycles. The maximum atomic E-state index is 13.7. The lowest BCUT2D eigenvalue weighted by Crippen LogP contribution is -2.46. The third kappa shape index (κ3) is 4.51. The molecule has 0 radical (unpaired) electrons. The summed E-state index contributed by atoms with van der Waals surface area (Å²) in [4.78, 5) is 1.82. The van der Waals surface area contributed by atoms with Crippen LogP contribution in [0, 0.1) is 0 Å². The van der Waals surface area contributed by atoms with E-state index in [1.807, 2.05) is 35.2 Å². The summed E-state index contributed by atoms with van der Waals surface area (Å²) < 4.78 is 38.7. The van der Waals surface area contributed by atoms with Crippen LogP contribution in [0.5, 0.6) is 11.5 Å². The number of hydrogen-bond acceptors (Lipinski definition) is 4. The van der Waals surface area contributed by atoms with E-state index in [-0.39, 0.29) is 0 Å². The summed E-state index contributed by atoms with van der Waals surface area (Å²) >= 11 is 0. The molecule has 0 saturated carbocycles. The van der Waals surface area contributed by atoms with Crippen molar-refractivity contribution in [2.75, 3.05) is 33.3 Å². The maximum Gasteiger partial charge on any atom is 0.258 e. The van der Waals surface area contributed by atoms with Gasteiger partial charge in [-0.05, 0) is 23.3 Å². The Morgan fingerprint density at radius 3 is 2.42 bits per heavy atom. The van der Waals surface area contributed by atoms with Gasteiger partial charge in [0.15, 0.2) is 11.5 Å². The topological polar surface area (TPSA) is 33.7 Å².